The summed E-state index contributed by atoms with van der Waals surface area (Å²) in [7, 11) is 3.87. The lowest BCUT2D eigenvalue weighted by Crippen LogP contribution is -2.22. The molecule has 1 heterocycles. The zero-order valence-corrected chi connectivity index (χ0v) is 12.4. The number of benzene rings is 1. The van der Waals surface area contributed by atoms with Crippen molar-refractivity contribution in [2.45, 2.75) is 19.4 Å². The van der Waals surface area contributed by atoms with Crippen molar-refractivity contribution in [1.82, 2.24) is 20.3 Å². The predicted octanol–water partition coefficient (Wildman–Crippen LogP) is 2.39. The first-order chi connectivity index (χ1) is 8.61. The van der Waals surface area contributed by atoms with Crippen molar-refractivity contribution in [3.05, 3.63) is 45.7 Å². The summed E-state index contributed by atoms with van der Waals surface area (Å²) in [6.45, 7) is 2.11. The molecule has 0 aliphatic carbocycles. The number of aromatic nitrogens is 3. The Bertz CT molecular complexity index is 516. The number of hydrogen-bond donors (Lipinski definition) is 1. The van der Waals surface area contributed by atoms with E-state index in [2.05, 4.69) is 62.7 Å². The number of nitrogens with one attached hydrogen (secondary N) is 1. The molecule has 0 amide bonds. The summed E-state index contributed by atoms with van der Waals surface area (Å²) in [5.74, 6) is 0. The van der Waals surface area contributed by atoms with Gasteiger partial charge in [0.2, 0.25) is 0 Å². The fourth-order valence-electron chi connectivity index (χ4n) is 2.12. The zero-order valence-electron chi connectivity index (χ0n) is 10.8. The van der Waals surface area contributed by atoms with Crippen molar-refractivity contribution < 1.29 is 0 Å². The number of hydrogen-bond acceptors (Lipinski definition) is 3. The average molecular weight is 309 g/mol. The third-order valence-corrected chi connectivity index (χ3v) is 3.59. The SMILES string of the molecule is CNC(Cc1cccc(C)c1)c1c(Br)nnn1C. The van der Waals surface area contributed by atoms with E-state index in [1.807, 2.05) is 14.1 Å². The van der Waals surface area contributed by atoms with Crippen LogP contribution in [0.4, 0.5) is 0 Å². The van der Waals surface area contributed by atoms with Gasteiger partial charge in [-0.25, -0.2) is 4.68 Å². The Labute approximate surface area is 116 Å². The molecule has 96 valence electrons. The maximum absolute atomic E-state index is 4.03. The predicted molar refractivity (Wildman–Crippen MR) is 75.4 cm³/mol. The van der Waals surface area contributed by atoms with Gasteiger partial charge in [-0.2, -0.15) is 0 Å². The molecule has 0 radical (unpaired) electrons. The van der Waals surface area contributed by atoms with E-state index in [-0.39, 0.29) is 6.04 Å². The van der Waals surface area contributed by atoms with Gasteiger partial charge in [0.15, 0.2) is 4.60 Å². The van der Waals surface area contributed by atoms with Crippen molar-refractivity contribution in [3.63, 3.8) is 0 Å². The van der Waals surface area contributed by atoms with Crippen LogP contribution in [0, 0.1) is 6.92 Å². The van der Waals surface area contributed by atoms with Crippen molar-refractivity contribution in [2.24, 2.45) is 7.05 Å². The Balaban J connectivity index is 2.25. The Kier molecular flexibility index (Phi) is 4.14. The molecule has 0 spiro atoms. The summed E-state index contributed by atoms with van der Waals surface area (Å²) in [5, 5.41) is 11.4. The monoisotopic (exact) mass is 308 g/mol. The van der Waals surface area contributed by atoms with Gasteiger partial charge < -0.3 is 5.32 Å². The van der Waals surface area contributed by atoms with Crippen LogP contribution in [-0.4, -0.2) is 22.0 Å². The van der Waals surface area contributed by atoms with E-state index >= 15 is 0 Å². The number of nitrogens with zero attached hydrogens (tertiary/aromatic N) is 3. The molecule has 1 atom stereocenters. The fourth-order valence-corrected chi connectivity index (χ4v) is 2.72. The first kappa shape index (κ1) is 13.2. The third kappa shape index (κ3) is 2.79. The lowest BCUT2D eigenvalue weighted by Gasteiger charge is -2.16. The van der Waals surface area contributed by atoms with E-state index in [4.69, 9.17) is 0 Å². The van der Waals surface area contributed by atoms with E-state index in [9.17, 15) is 0 Å². The lowest BCUT2D eigenvalue weighted by atomic mass is 10.0. The first-order valence-electron chi connectivity index (χ1n) is 5.89. The molecule has 1 aromatic carbocycles. The molecule has 0 saturated carbocycles. The molecule has 4 nitrogen and oxygen atoms in total. The van der Waals surface area contributed by atoms with Gasteiger partial charge in [0.05, 0.1) is 11.7 Å². The quantitative estimate of drug-likeness (QED) is 0.943. The topological polar surface area (TPSA) is 42.7 Å². The molecule has 5 heteroatoms. The maximum Gasteiger partial charge on any atom is 0.153 e. The van der Waals surface area contributed by atoms with Crippen LogP contribution in [0.3, 0.4) is 0 Å². The van der Waals surface area contributed by atoms with Gasteiger partial charge in [-0.3, -0.25) is 0 Å². The average Bonchev–Trinajstić information content (AvgIpc) is 2.67. The minimum atomic E-state index is 0.196. The Hall–Kier alpha value is -1.20. The summed E-state index contributed by atoms with van der Waals surface area (Å²) in [4.78, 5) is 0. The van der Waals surface area contributed by atoms with Gasteiger partial charge in [0.25, 0.3) is 0 Å². The van der Waals surface area contributed by atoms with Crippen LogP contribution in [0.25, 0.3) is 0 Å². The normalized spacial score (nSPS) is 12.7. The lowest BCUT2D eigenvalue weighted by molar-refractivity contribution is 0.533. The van der Waals surface area contributed by atoms with Gasteiger partial charge in [-0.15, -0.1) is 5.10 Å². The summed E-state index contributed by atoms with van der Waals surface area (Å²) in [6.07, 6.45) is 0.915. The van der Waals surface area contributed by atoms with Crippen LogP contribution < -0.4 is 5.32 Å². The van der Waals surface area contributed by atoms with E-state index in [0.717, 1.165) is 16.7 Å². The van der Waals surface area contributed by atoms with Crippen LogP contribution in [0.1, 0.15) is 22.9 Å². The van der Waals surface area contributed by atoms with Crippen LogP contribution in [0.2, 0.25) is 0 Å². The molecule has 0 fully saturated rings. The number of aryl methyl sites for hydroxylation is 2. The Morgan fingerprint density at radius 3 is 2.78 bits per heavy atom. The molecule has 0 bridgehead atoms. The standard InChI is InChI=1S/C13H17BrN4/c1-9-5-4-6-10(7-9)8-11(15-2)12-13(14)16-17-18(12)3/h4-7,11,15H,8H2,1-3H3. The molecule has 0 saturated heterocycles. The molecule has 1 unspecified atom stereocenters. The molecule has 18 heavy (non-hydrogen) atoms. The highest BCUT2D eigenvalue weighted by atomic mass is 79.9. The van der Waals surface area contributed by atoms with E-state index < -0.39 is 0 Å². The smallest absolute Gasteiger partial charge is 0.153 e. The van der Waals surface area contributed by atoms with Gasteiger partial charge in [-0.1, -0.05) is 35.0 Å². The van der Waals surface area contributed by atoms with E-state index in [1.165, 1.54) is 11.1 Å². The largest absolute Gasteiger partial charge is 0.311 e. The number of halogens is 1. The highest BCUT2D eigenvalue weighted by molar-refractivity contribution is 9.10. The van der Waals surface area contributed by atoms with Crippen LogP contribution >= 0.6 is 15.9 Å². The second-order valence-corrected chi connectivity index (χ2v) is 5.17. The van der Waals surface area contributed by atoms with Crippen molar-refractivity contribution in [1.29, 1.82) is 0 Å². The van der Waals surface area contributed by atoms with Gasteiger partial charge >= 0.3 is 0 Å². The van der Waals surface area contributed by atoms with Crippen molar-refractivity contribution in [2.75, 3.05) is 7.05 Å². The Morgan fingerprint density at radius 2 is 2.22 bits per heavy atom. The van der Waals surface area contributed by atoms with Crippen molar-refractivity contribution >= 4 is 15.9 Å². The van der Waals surface area contributed by atoms with E-state index in [1.54, 1.807) is 4.68 Å². The highest BCUT2D eigenvalue weighted by Gasteiger charge is 2.18. The summed E-state index contributed by atoms with van der Waals surface area (Å²) in [5.41, 5.74) is 3.66. The van der Waals surface area contributed by atoms with Crippen molar-refractivity contribution in [3.8, 4) is 0 Å². The van der Waals surface area contributed by atoms with Gasteiger partial charge in [0, 0.05) is 7.05 Å². The van der Waals surface area contributed by atoms with Gasteiger partial charge in [0.1, 0.15) is 0 Å². The van der Waals surface area contributed by atoms with Gasteiger partial charge in [-0.05, 0) is 41.9 Å². The summed E-state index contributed by atoms with van der Waals surface area (Å²) in [6, 6.07) is 8.76. The summed E-state index contributed by atoms with van der Waals surface area (Å²) >= 11 is 3.45. The fraction of sp³-hybridized carbons (Fsp3) is 0.385. The van der Waals surface area contributed by atoms with E-state index in [0.29, 0.717) is 0 Å². The molecular weight excluding hydrogens is 292 g/mol. The van der Waals surface area contributed by atoms with Crippen LogP contribution in [0.15, 0.2) is 28.9 Å². The van der Waals surface area contributed by atoms with Crippen LogP contribution in [0.5, 0.6) is 0 Å². The number of rotatable bonds is 4. The molecule has 1 N–H and O–H groups in total. The third-order valence-electron chi connectivity index (χ3n) is 3.03. The minimum Gasteiger partial charge on any atom is -0.311 e. The molecule has 0 aliphatic heterocycles. The molecule has 2 aromatic rings. The first-order valence-corrected chi connectivity index (χ1v) is 6.69. The molecule has 2 rings (SSSR count). The second-order valence-electron chi connectivity index (χ2n) is 4.42. The number of likely N-dealkylation sites (N-methyl/N-ethyl adjacent to an activating group) is 1. The Morgan fingerprint density at radius 1 is 1.44 bits per heavy atom. The highest BCUT2D eigenvalue weighted by Crippen LogP contribution is 2.23. The molecule has 1 aromatic heterocycles. The molecule has 0 aliphatic rings. The zero-order chi connectivity index (χ0) is 13.1. The van der Waals surface area contributed by atoms with Crippen LogP contribution in [-0.2, 0) is 13.5 Å². The second kappa shape index (κ2) is 5.63. The maximum atomic E-state index is 4.03. The summed E-state index contributed by atoms with van der Waals surface area (Å²) < 4.78 is 2.61. The molecular formula is C13H17BrN4. The minimum absolute atomic E-state index is 0.196.